The minimum absolute atomic E-state index is 0.0349. The zero-order valence-corrected chi connectivity index (χ0v) is 11.0. The van der Waals surface area contributed by atoms with Crippen LogP contribution in [0.2, 0.25) is 0 Å². The van der Waals surface area contributed by atoms with E-state index in [2.05, 4.69) is 10.2 Å². The smallest absolute Gasteiger partial charge is 0.221 e. The van der Waals surface area contributed by atoms with E-state index in [-0.39, 0.29) is 11.7 Å². The van der Waals surface area contributed by atoms with Crippen molar-refractivity contribution in [1.82, 2.24) is 10.2 Å². The number of nitrogens with one attached hydrogen (secondary N) is 1. The van der Waals surface area contributed by atoms with Crippen molar-refractivity contribution in [3.63, 3.8) is 0 Å². The lowest BCUT2D eigenvalue weighted by atomic mass is 10.0. The summed E-state index contributed by atoms with van der Waals surface area (Å²) in [6.07, 6.45) is 3.42. The molecule has 0 unspecified atom stereocenters. The molecule has 0 atom stereocenters. The summed E-state index contributed by atoms with van der Waals surface area (Å²) in [6.45, 7) is 3.02. The third-order valence-electron chi connectivity index (χ3n) is 4.12. The molecule has 1 amide bonds. The lowest BCUT2D eigenvalue weighted by Gasteiger charge is -2.30. The number of likely N-dealkylation sites (tertiary alicyclic amines) is 1. The molecule has 2 fully saturated rings. The maximum Gasteiger partial charge on any atom is 0.221 e. The topological polar surface area (TPSA) is 32.3 Å². The highest BCUT2D eigenvalue weighted by molar-refractivity contribution is 5.77. The quantitative estimate of drug-likeness (QED) is 0.880. The highest BCUT2D eigenvalue weighted by Crippen LogP contribution is 2.46. The van der Waals surface area contributed by atoms with E-state index in [1.54, 1.807) is 12.1 Å². The molecule has 102 valence electrons. The van der Waals surface area contributed by atoms with E-state index >= 15 is 0 Å². The Kier molecular flexibility index (Phi) is 3.27. The van der Waals surface area contributed by atoms with Gasteiger partial charge < -0.3 is 10.2 Å². The summed E-state index contributed by atoms with van der Waals surface area (Å²) in [7, 11) is 0. The lowest BCUT2D eigenvalue weighted by molar-refractivity contribution is -0.122. The number of halogens is 1. The van der Waals surface area contributed by atoms with Gasteiger partial charge in [0.25, 0.3) is 0 Å². The summed E-state index contributed by atoms with van der Waals surface area (Å²) in [5, 5.41) is 3.02. The Morgan fingerprint density at radius 3 is 2.63 bits per heavy atom. The maximum atomic E-state index is 13.8. The SMILES string of the molecule is O=C(CCN1CCC1)NC1(c2ccccc2F)CC1. The molecule has 1 aromatic rings. The van der Waals surface area contributed by atoms with Crippen molar-refractivity contribution in [2.45, 2.75) is 31.2 Å². The van der Waals surface area contributed by atoms with Crippen LogP contribution in [0.15, 0.2) is 24.3 Å². The van der Waals surface area contributed by atoms with E-state index < -0.39 is 5.54 Å². The summed E-state index contributed by atoms with van der Waals surface area (Å²) >= 11 is 0. The summed E-state index contributed by atoms with van der Waals surface area (Å²) in [5.41, 5.74) is 0.199. The second-order valence-corrected chi connectivity index (χ2v) is 5.56. The van der Waals surface area contributed by atoms with Crippen molar-refractivity contribution < 1.29 is 9.18 Å². The molecule has 19 heavy (non-hydrogen) atoms. The molecule has 3 rings (SSSR count). The van der Waals surface area contributed by atoms with Gasteiger partial charge in [0.1, 0.15) is 5.82 Å². The molecular weight excluding hydrogens is 243 g/mol. The van der Waals surface area contributed by atoms with E-state index in [1.165, 1.54) is 12.5 Å². The average molecular weight is 262 g/mol. The van der Waals surface area contributed by atoms with Gasteiger partial charge in [0.05, 0.1) is 5.54 Å². The van der Waals surface area contributed by atoms with Gasteiger partial charge in [0.2, 0.25) is 5.91 Å². The molecule has 4 heteroatoms. The summed E-state index contributed by atoms with van der Waals surface area (Å²) in [6, 6.07) is 6.74. The molecule has 1 aliphatic carbocycles. The molecule has 1 saturated heterocycles. The molecule has 1 heterocycles. The van der Waals surface area contributed by atoms with Crippen molar-refractivity contribution >= 4 is 5.91 Å². The van der Waals surface area contributed by atoms with E-state index in [9.17, 15) is 9.18 Å². The fourth-order valence-electron chi connectivity index (χ4n) is 2.63. The van der Waals surface area contributed by atoms with E-state index in [0.717, 1.165) is 32.5 Å². The predicted molar refractivity (Wildman–Crippen MR) is 71.1 cm³/mol. The third kappa shape index (κ3) is 2.63. The standard InChI is InChI=1S/C15H19FN2O/c16-13-5-2-1-4-12(13)15(7-8-15)17-14(19)6-11-18-9-3-10-18/h1-2,4-5H,3,6-11H2,(H,17,19). The predicted octanol–water partition coefficient (Wildman–Crippen LogP) is 2.03. The van der Waals surface area contributed by atoms with E-state index in [1.807, 2.05) is 6.07 Å². The third-order valence-corrected chi connectivity index (χ3v) is 4.12. The van der Waals surface area contributed by atoms with Gasteiger partial charge in [-0.05, 0) is 38.4 Å². The molecule has 0 spiro atoms. The van der Waals surface area contributed by atoms with Crippen LogP contribution in [0.1, 0.15) is 31.2 Å². The number of benzene rings is 1. The van der Waals surface area contributed by atoms with E-state index in [4.69, 9.17) is 0 Å². The minimum atomic E-state index is -0.433. The Balaban J connectivity index is 1.59. The molecule has 1 saturated carbocycles. The van der Waals surface area contributed by atoms with Crippen molar-refractivity contribution in [3.05, 3.63) is 35.6 Å². The average Bonchev–Trinajstić information content (AvgIpc) is 3.08. The number of rotatable bonds is 5. The highest BCUT2D eigenvalue weighted by Gasteiger charge is 2.47. The lowest BCUT2D eigenvalue weighted by Crippen LogP contribution is -2.41. The number of amides is 1. The zero-order chi connectivity index (χ0) is 13.3. The second kappa shape index (κ2) is 4.93. The molecule has 0 bridgehead atoms. The monoisotopic (exact) mass is 262 g/mol. The summed E-state index contributed by atoms with van der Waals surface area (Å²) in [5.74, 6) is -0.185. The Labute approximate surface area is 112 Å². The van der Waals surface area contributed by atoms with Gasteiger partial charge in [-0.2, -0.15) is 0 Å². The first kappa shape index (κ1) is 12.6. The first-order chi connectivity index (χ1) is 9.20. The Hall–Kier alpha value is -1.42. The number of hydrogen-bond acceptors (Lipinski definition) is 2. The van der Waals surface area contributed by atoms with Crippen LogP contribution < -0.4 is 5.32 Å². The van der Waals surface area contributed by atoms with E-state index in [0.29, 0.717) is 12.0 Å². The van der Waals surface area contributed by atoms with Crippen LogP contribution in [0.25, 0.3) is 0 Å². The zero-order valence-electron chi connectivity index (χ0n) is 11.0. The van der Waals surface area contributed by atoms with Crippen LogP contribution in [-0.4, -0.2) is 30.4 Å². The first-order valence-corrected chi connectivity index (χ1v) is 6.98. The van der Waals surface area contributed by atoms with Crippen LogP contribution in [0.3, 0.4) is 0 Å². The number of nitrogens with zero attached hydrogens (tertiary/aromatic N) is 1. The van der Waals surface area contributed by atoms with Crippen molar-refractivity contribution in [2.24, 2.45) is 0 Å². The van der Waals surface area contributed by atoms with Crippen LogP contribution in [-0.2, 0) is 10.3 Å². The fraction of sp³-hybridized carbons (Fsp3) is 0.533. The van der Waals surface area contributed by atoms with Crippen molar-refractivity contribution in [3.8, 4) is 0 Å². The number of carbonyl (C=O) groups excluding carboxylic acids is 1. The number of carbonyl (C=O) groups is 1. The molecule has 0 aromatic heterocycles. The van der Waals surface area contributed by atoms with Crippen molar-refractivity contribution in [1.29, 1.82) is 0 Å². The van der Waals surface area contributed by atoms with Gasteiger partial charge in [-0.15, -0.1) is 0 Å². The van der Waals surface area contributed by atoms with Crippen LogP contribution in [0, 0.1) is 5.82 Å². The minimum Gasteiger partial charge on any atom is -0.346 e. The first-order valence-electron chi connectivity index (χ1n) is 6.98. The molecule has 2 aliphatic rings. The van der Waals surface area contributed by atoms with Gasteiger partial charge >= 0.3 is 0 Å². The summed E-state index contributed by atoms with van der Waals surface area (Å²) < 4.78 is 13.8. The van der Waals surface area contributed by atoms with Gasteiger partial charge in [-0.3, -0.25) is 4.79 Å². The second-order valence-electron chi connectivity index (χ2n) is 5.56. The van der Waals surface area contributed by atoms with Crippen LogP contribution >= 0.6 is 0 Å². The highest BCUT2D eigenvalue weighted by atomic mass is 19.1. The molecular formula is C15H19FN2O. The summed E-state index contributed by atoms with van der Waals surface area (Å²) in [4.78, 5) is 14.2. The van der Waals surface area contributed by atoms with Crippen molar-refractivity contribution in [2.75, 3.05) is 19.6 Å². The Morgan fingerprint density at radius 2 is 2.05 bits per heavy atom. The molecule has 3 nitrogen and oxygen atoms in total. The van der Waals surface area contributed by atoms with Gasteiger partial charge in [-0.1, -0.05) is 18.2 Å². The Morgan fingerprint density at radius 1 is 1.32 bits per heavy atom. The normalized spacial score (nSPS) is 20.7. The molecule has 0 radical (unpaired) electrons. The van der Waals surface area contributed by atoms with Gasteiger partial charge in [0, 0.05) is 18.5 Å². The maximum absolute atomic E-state index is 13.8. The molecule has 1 N–H and O–H groups in total. The Bertz CT molecular complexity index is 481. The van der Waals surface area contributed by atoms with Crippen LogP contribution in [0.5, 0.6) is 0 Å². The molecule has 1 aromatic carbocycles. The van der Waals surface area contributed by atoms with Gasteiger partial charge in [0.15, 0.2) is 0 Å². The largest absolute Gasteiger partial charge is 0.346 e. The van der Waals surface area contributed by atoms with Gasteiger partial charge in [-0.25, -0.2) is 4.39 Å². The fourth-order valence-corrected chi connectivity index (χ4v) is 2.63. The molecule has 1 aliphatic heterocycles. The van der Waals surface area contributed by atoms with Crippen LogP contribution in [0.4, 0.5) is 4.39 Å². The number of hydrogen-bond donors (Lipinski definition) is 1.